The molecule has 2 N–H and O–H groups in total. The first kappa shape index (κ1) is 19.0. The maximum Gasteiger partial charge on any atom is 0.229 e. The van der Waals surface area contributed by atoms with Gasteiger partial charge >= 0.3 is 0 Å². The van der Waals surface area contributed by atoms with Crippen LogP contribution in [0, 0.1) is 11.3 Å². The molecule has 1 aromatic carbocycles. The van der Waals surface area contributed by atoms with E-state index in [0.717, 1.165) is 32.7 Å². The summed E-state index contributed by atoms with van der Waals surface area (Å²) in [6.07, 6.45) is 0. The molecule has 1 aliphatic heterocycles. The molecular weight excluding hydrogens is 340 g/mol. The topological polar surface area (TPSA) is 98.2 Å². The van der Waals surface area contributed by atoms with Crippen LogP contribution >= 0.6 is 0 Å². The summed E-state index contributed by atoms with van der Waals surface area (Å²) in [5.74, 6) is 1.56. The molecule has 1 fully saturated rings. The molecule has 142 valence electrons. The number of benzene rings is 1. The lowest BCUT2D eigenvalue weighted by atomic mass is 10.1. The van der Waals surface area contributed by atoms with Crippen LogP contribution < -0.4 is 10.6 Å². The number of nitrogen functional groups attached to an aromatic ring is 1. The summed E-state index contributed by atoms with van der Waals surface area (Å²) in [5.41, 5.74) is 7.79. The summed E-state index contributed by atoms with van der Waals surface area (Å²) in [7, 11) is 3.79. The molecule has 2 heterocycles. The van der Waals surface area contributed by atoms with Crippen molar-refractivity contribution >= 4 is 11.9 Å². The molecular formula is C19H26N8. The third-order valence-corrected chi connectivity index (χ3v) is 4.88. The van der Waals surface area contributed by atoms with Gasteiger partial charge in [0.05, 0.1) is 17.7 Å². The van der Waals surface area contributed by atoms with Gasteiger partial charge in [-0.15, -0.1) is 0 Å². The van der Waals surface area contributed by atoms with Crippen LogP contribution in [0.25, 0.3) is 0 Å². The van der Waals surface area contributed by atoms with Gasteiger partial charge in [-0.3, -0.25) is 9.80 Å². The van der Waals surface area contributed by atoms with Crippen LogP contribution in [0.5, 0.6) is 0 Å². The van der Waals surface area contributed by atoms with Gasteiger partial charge in [0.1, 0.15) is 0 Å². The minimum Gasteiger partial charge on any atom is -0.368 e. The van der Waals surface area contributed by atoms with Crippen LogP contribution in [0.15, 0.2) is 24.3 Å². The van der Waals surface area contributed by atoms with E-state index >= 15 is 0 Å². The highest BCUT2D eigenvalue weighted by atomic mass is 15.3. The van der Waals surface area contributed by atoms with Crippen molar-refractivity contribution in [3.05, 3.63) is 41.2 Å². The van der Waals surface area contributed by atoms with E-state index in [1.54, 1.807) is 0 Å². The van der Waals surface area contributed by atoms with Crippen molar-refractivity contribution in [3.63, 3.8) is 0 Å². The van der Waals surface area contributed by atoms with Crippen LogP contribution in [-0.2, 0) is 6.54 Å². The molecule has 1 atom stereocenters. The van der Waals surface area contributed by atoms with Gasteiger partial charge in [-0.1, -0.05) is 12.1 Å². The number of hydrogen-bond donors (Lipinski definition) is 1. The van der Waals surface area contributed by atoms with Gasteiger partial charge in [0.15, 0.2) is 5.82 Å². The Morgan fingerprint density at radius 2 is 1.78 bits per heavy atom. The Kier molecular flexibility index (Phi) is 5.84. The van der Waals surface area contributed by atoms with Crippen molar-refractivity contribution in [3.8, 4) is 6.07 Å². The van der Waals surface area contributed by atoms with Crippen LogP contribution in [0.1, 0.15) is 29.9 Å². The average Bonchev–Trinajstić information content (AvgIpc) is 2.68. The monoisotopic (exact) mass is 366 g/mol. The Balaban J connectivity index is 1.59. The summed E-state index contributed by atoms with van der Waals surface area (Å²) < 4.78 is 0. The maximum absolute atomic E-state index is 8.90. The fourth-order valence-corrected chi connectivity index (χ4v) is 3.20. The van der Waals surface area contributed by atoms with Gasteiger partial charge < -0.3 is 10.6 Å². The predicted octanol–water partition coefficient (Wildman–Crippen LogP) is 1.27. The van der Waals surface area contributed by atoms with Gasteiger partial charge in [-0.05, 0) is 24.6 Å². The maximum atomic E-state index is 8.90. The second-order valence-electron chi connectivity index (χ2n) is 7.04. The normalized spacial score (nSPS) is 16.7. The zero-order chi connectivity index (χ0) is 19.4. The van der Waals surface area contributed by atoms with Crippen molar-refractivity contribution < 1.29 is 0 Å². The highest BCUT2D eigenvalue weighted by molar-refractivity contribution is 5.33. The molecule has 2 aromatic rings. The summed E-state index contributed by atoms with van der Waals surface area (Å²) in [6.45, 7) is 6.86. The summed E-state index contributed by atoms with van der Waals surface area (Å²) in [4.78, 5) is 19.7. The SMILES string of the molecule is C[C@H](c1nc(N)nc(N(C)C)n1)N1CCN(Cc2ccc(C#N)cc2)CC1. The standard InChI is InChI=1S/C19H26N8/c1-14(17-22-18(21)24-19(23-17)25(2)3)27-10-8-26(9-11-27)13-16-6-4-15(12-20)5-7-16/h4-7,14H,8-11,13H2,1-3H3,(H2,21,22,23,24)/t14-/m1/s1. The first-order valence-electron chi connectivity index (χ1n) is 9.10. The highest BCUT2D eigenvalue weighted by Crippen LogP contribution is 2.21. The number of rotatable bonds is 5. The van der Waals surface area contributed by atoms with Crippen LogP contribution in [0.2, 0.25) is 0 Å². The molecule has 0 radical (unpaired) electrons. The molecule has 3 rings (SSSR count). The molecule has 27 heavy (non-hydrogen) atoms. The fraction of sp³-hybridized carbons (Fsp3) is 0.474. The molecule has 0 bridgehead atoms. The Labute approximate surface area is 160 Å². The highest BCUT2D eigenvalue weighted by Gasteiger charge is 2.24. The third-order valence-electron chi connectivity index (χ3n) is 4.88. The van der Waals surface area contributed by atoms with Gasteiger partial charge in [0, 0.05) is 46.8 Å². The zero-order valence-electron chi connectivity index (χ0n) is 16.1. The van der Waals surface area contributed by atoms with E-state index in [-0.39, 0.29) is 12.0 Å². The molecule has 1 aliphatic rings. The van der Waals surface area contributed by atoms with E-state index in [4.69, 9.17) is 11.0 Å². The number of piperazine rings is 1. The Morgan fingerprint density at radius 1 is 1.11 bits per heavy atom. The molecule has 0 unspecified atom stereocenters. The number of hydrogen-bond acceptors (Lipinski definition) is 8. The summed E-state index contributed by atoms with van der Waals surface area (Å²) >= 11 is 0. The largest absolute Gasteiger partial charge is 0.368 e. The van der Waals surface area contributed by atoms with Crippen molar-refractivity contribution in [2.75, 3.05) is 50.9 Å². The molecule has 0 spiro atoms. The molecule has 1 saturated heterocycles. The van der Waals surface area contributed by atoms with Crippen LogP contribution in [0.3, 0.4) is 0 Å². The second kappa shape index (κ2) is 8.29. The Morgan fingerprint density at radius 3 is 2.37 bits per heavy atom. The number of anilines is 2. The zero-order valence-corrected chi connectivity index (χ0v) is 16.1. The van der Waals surface area contributed by atoms with Crippen molar-refractivity contribution in [2.24, 2.45) is 0 Å². The predicted molar refractivity (Wildman–Crippen MR) is 105 cm³/mol. The number of nitrogens with zero attached hydrogens (tertiary/aromatic N) is 7. The van der Waals surface area contributed by atoms with Crippen LogP contribution in [0.4, 0.5) is 11.9 Å². The van der Waals surface area contributed by atoms with E-state index < -0.39 is 0 Å². The second-order valence-corrected chi connectivity index (χ2v) is 7.04. The molecule has 0 amide bonds. The van der Waals surface area contributed by atoms with E-state index in [0.29, 0.717) is 17.3 Å². The first-order valence-corrected chi connectivity index (χ1v) is 9.10. The Bertz CT molecular complexity index is 803. The summed E-state index contributed by atoms with van der Waals surface area (Å²) in [5, 5.41) is 8.90. The molecule has 0 saturated carbocycles. The molecule has 8 nitrogen and oxygen atoms in total. The summed E-state index contributed by atoms with van der Waals surface area (Å²) in [6, 6.07) is 10.1. The van der Waals surface area contributed by atoms with Crippen LogP contribution in [-0.4, -0.2) is 65.0 Å². The van der Waals surface area contributed by atoms with E-state index in [2.05, 4.69) is 37.7 Å². The number of nitrogens with two attached hydrogens (primary N) is 1. The Hall–Kier alpha value is -2.76. The van der Waals surface area contributed by atoms with Crippen molar-refractivity contribution in [2.45, 2.75) is 19.5 Å². The quantitative estimate of drug-likeness (QED) is 0.845. The average molecular weight is 366 g/mol. The molecule has 1 aromatic heterocycles. The molecule has 8 heteroatoms. The van der Waals surface area contributed by atoms with Gasteiger partial charge in [-0.25, -0.2) is 0 Å². The van der Waals surface area contributed by atoms with Gasteiger partial charge in [0.25, 0.3) is 0 Å². The number of nitriles is 1. The fourth-order valence-electron chi connectivity index (χ4n) is 3.20. The van der Waals surface area contributed by atoms with Gasteiger partial charge in [0.2, 0.25) is 11.9 Å². The van der Waals surface area contributed by atoms with Gasteiger partial charge in [-0.2, -0.15) is 20.2 Å². The van der Waals surface area contributed by atoms with Crippen molar-refractivity contribution in [1.29, 1.82) is 5.26 Å². The number of aromatic nitrogens is 3. The minimum absolute atomic E-state index is 0.0889. The smallest absolute Gasteiger partial charge is 0.229 e. The lowest BCUT2D eigenvalue weighted by molar-refractivity contribution is 0.0948. The lowest BCUT2D eigenvalue weighted by Crippen LogP contribution is -2.47. The van der Waals surface area contributed by atoms with E-state index in [1.165, 1.54) is 5.56 Å². The van der Waals surface area contributed by atoms with E-state index in [9.17, 15) is 0 Å². The third kappa shape index (κ3) is 4.70. The van der Waals surface area contributed by atoms with Crippen molar-refractivity contribution in [1.82, 2.24) is 24.8 Å². The molecule has 0 aliphatic carbocycles. The van der Waals surface area contributed by atoms with E-state index in [1.807, 2.05) is 43.3 Å². The first-order chi connectivity index (χ1) is 13.0. The lowest BCUT2D eigenvalue weighted by Gasteiger charge is -2.37. The minimum atomic E-state index is 0.0889.